The van der Waals surface area contributed by atoms with Gasteiger partial charge in [-0.3, -0.25) is 0 Å². The summed E-state index contributed by atoms with van der Waals surface area (Å²) in [6.45, 7) is 2.08. The van der Waals surface area contributed by atoms with Gasteiger partial charge in [0.2, 0.25) is 0 Å². The van der Waals surface area contributed by atoms with Crippen molar-refractivity contribution >= 4 is 33.8 Å². The van der Waals surface area contributed by atoms with Gasteiger partial charge < -0.3 is 0 Å². The van der Waals surface area contributed by atoms with Gasteiger partial charge in [-0.25, -0.2) is 10.1 Å². The number of nitrogens with zero attached hydrogens (tertiary/aromatic N) is 2. The first-order valence-corrected chi connectivity index (χ1v) is 8.10. The van der Waals surface area contributed by atoms with Crippen LogP contribution in [0.25, 0.3) is 26.7 Å². The number of aryl methyl sites for hydroxylation is 1. The van der Waals surface area contributed by atoms with Crippen LogP contribution in [0, 0.1) is 11.7 Å². The van der Waals surface area contributed by atoms with E-state index < -0.39 is 0 Å². The van der Waals surface area contributed by atoms with Crippen molar-refractivity contribution < 1.29 is 4.68 Å². The third-order valence-corrected chi connectivity index (χ3v) is 4.65. The fourth-order valence-corrected chi connectivity index (χ4v) is 3.56. The summed E-state index contributed by atoms with van der Waals surface area (Å²) in [5.41, 5.74) is 3.27. The lowest BCUT2D eigenvalue weighted by atomic mass is 10.1. The maximum absolute atomic E-state index is 5.28. The van der Waals surface area contributed by atoms with Crippen molar-refractivity contribution in [3.05, 3.63) is 58.9 Å². The van der Waals surface area contributed by atoms with E-state index in [0.717, 1.165) is 26.7 Å². The number of hydrogen-bond donors (Lipinski definition) is 2. The Kier molecular flexibility index (Phi) is 3.13. The van der Waals surface area contributed by atoms with E-state index in [1.54, 1.807) is 11.3 Å². The Morgan fingerprint density at radius 3 is 2.82 bits per heavy atom. The third kappa shape index (κ3) is 2.26. The number of aromatic amines is 2. The van der Waals surface area contributed by atoms with Crippen LogP contribution in [0.2, 0.25) is 0 Å². The minimum atomic E-state index is 0.579. The molecule has 0 bridgehead atoms. The van der Waals surface area contributed by atoms with Crippen LogP contribution in [0.3, 0.4) is 0 Å². The van der Waals surface area contributed by atoms with E-state index in [0.29, 0.717) is 4.77 Å². The Hall–Kier alpha value is -2.31. The van der Waals surface area contributed by atoms with Crippen molar-refractivity contribution in [2.24, 2.45) is 0 Å². The molecule has 0 radical (unpaired) electrons. The Morgan fingerprint density at radius 1 is 1.14 bits per heavy atom. The molecule has 2 heterocycles. The zero-order valence-corrected chi connectivity index (χ0v) is 13.5. The molecule has 2 aromatic heterocycles. The molecular formula is C16H13N4S2+. The Balaban J connectivity index is 1.94. The van der Waals surface area contributed by atoms with Crippen LogP contribution < -0.4 is 4.68 Å². The molecule has 0 saturated heterocycles. The number of aromatic nitrogens is 4. The van der Waals surface area contributed by atoms with E-state index in [9.17, 15) is 0 Å². The smallest absolute Gasteiger partial charge is 0.245 e. The van der Waals surface area contributed by atoms with Crippen molar-refractivity contribution in [2.75, 3.05) is 0 Å². The van der Waals surface area contributed by atoms with Crippen molar-refractivity contribution in [1.29, 1.82) is 0 Å². The second kappa shape index (κ2) is 5.15. The zero-order valence-electron chi connectivity index (χ0n) is 11.8. The third-order valence-electron chi connectivity index (χ3n) is 3.43. The number of nitrogens with one attached hydrogen (secondary N) is 2. The maximum atomic E-state index is 5.28. The van der Waals surface area contributed by atoms with Crippen LogP contribution in [0.4, 0.5) is 0 Å². The van der Waals surface area contributed by atoms with Gasteiger partial charge in [0, 0.05) is 5.56 Å². The summed E-state index contributed by atoms with van der Waals surface area (Å²) in [4.78, 5) is 7.91. The summed E-state index contributed by atoms with van der Waals surface area (Å²) < 4.78 is 3.65. The maximum Gasteiger partial charge on any atom is 0.344 e. The molecule has 0 aliphatic heterocycles. The molecule has 108 valence electrons. The number of fused-ring (bicyclic) bond motifs is 1. The van der Waals surface area contributed by atoms with Crippen molar-refractivity contribution in [1.82, 2.24) is 15.1 Å². The van der Waals surface area contributed by atoms with Crippen LogP contribution in [0.1, 0.15) is 5.56 Å². The molecule has 6 heteroatoms. The predicted octanol–water partition coefficient (Wildman–Crippen LogP) is 3.93. The zero-order chi connectivity index (χ0) is 15.1. The average molecular weight is 325 g/mol. The number of rotatable bonds is 2. The molecule has 2 aromatic carbocycles. The van der Waals surface area contributed by atoms with Gasteiger partial charge >= 0.3 is 5.13 Å². The lowest BCUT2D eigenvalue weighted by Gasteiger charge is -1.98. The summed E-state index contributed by atoms with van der Waals surface area (Å²) in [6.07, 6.45) is 0. The van der Waals surface area contributed by atoms with Gasteiger partial charge in [-0.05, 0) is 43.4 Å². The van der Waals surface area contributed by atoms with Gasteiger partial charge in [-0.1, -0.05) is 46.1 Å². The Morgan fingerprint density at radius 2 is 2.00 bits per heavy atom. The molecule has 0 fully saturated rings. The average Bonchev–Trinajstić information content (AvgIpc) is 3.10. The highest BCUT2D eigenvalue weighted by Crippen LogP contribution is 2.23. The fourth-order valence-electron chi connectivity index (χ4n) is 2.44. The molecular weight excluding hydrogens is 312 g/mol. The second-order valence-corrected chi connectivity index (χ2v) is 6.50. The number of hydrogen-bond acceptors (Lipinski definition) is 3. The number of thiazole rings is 1. The number of H-pyrrole nitrogens is 2. The molecule has 0 aliphatic carbocycles. The SMILES string of the molecule is Cc1cccc(-c2[nH]c(=S)[nH][n+]2-c2nc3ccccc3s2)c1. The van der Waals surface area contributed by atoms with Gasteiger partial charge in [0.25, 0.3) is 10.6 Å². The highest BCUT2D eigenvalue weighted by Gasteiger charge is 2.20. The molecule has 22 heavy (non-hydrogen) atoms. The molecule has 2 N–H and O–H groups in total. The summed E-state index contributed by atoms with van der Waals surface area (Å²) >= 11 is 6.91. The molecule has 0 amide bonds. The molecule has 0 saturated carbocycles. The summed E-state index contributed by atoms with van der Waals surface area (Å²) in [6, 6.07) is 16.4. The monoisotopic (exact) mass is 325 g/mol. The van der Waals surface area contributed by atoms with Crippen LogP contribution in [0.5, 0.6) is 0 Å². The van der Waals surface area contributed by atoms with Crippen LogP contribution in [-0.2, 0) is 0 Å². The highest BCUT2D eigenvalue weighted by molar-refractivity contribution is 7.71. The van der Waals surface area contributed by atoms with E-state index in [-0.39, 0.29) is 0 Å². The topological polar surface area (TPSA) is 48.4 Å². The van der Waals surface area contributed by atoms with Crippen LogP contribution in [0.15, 0.2) is 48.5 Å². The molecule has 0 spiro atoms. The molecule has 0 aliphatic rings. The minimum Gasteiger partial charge on any atom is -0.245 e. The second-order valence-electron chi connectivity index (χ2n) is 5.08. The molecule has 4 nitrogen and oxygen atoms in total. The van der Waals surface area contributed by atoms with Crippen LogP contribution in [-0.4, -0.2) is 15.1 Å². The first-order valence-electron chi connectivity index (χ1n) is 6.88. The molecule has 0 atom stereocenters. The predicted molar refractivity (Wildman–Crippen MR) is 90.9 cm³/mol. The lowest BCUT2D eigenvalue weighted by Crippen LogP contribution is -2.34. The standard InChI is InChI=1S/C16H12N4S2/c1-10-5-4-6-11(9-10)14-18-15(21)19-20(14)16-17-12-7-2-3-8-13(12)22-16/h2-9H,1H3,(H,19,21)/p+1. The van der Waals surface area contributed by atoms with Gasteiger partial charge in [-0.2, -0.15) is 0 Å². The fraction of sp³-hybridized carbons (Fsp3) is 0.0625. The molecule has 4 aromatic rings. The van der Waals surface area contributed by atoms with Gasteiger partial charge in [-0.15, -0.1) is 4.68 Å². The van der Waals surface area contributed by atoms with E-state index >= 15 is 0 Å². The van der Waals surface area contributed by atoms with E-state index in [4.69, 9.17) is 12.2 Å². The largest absolute Gasteiger partial charge is 0.344 e. The quantitative estimate of drug-likeness (QED) is 0.433. The first kappa shape index (κ1) is 13.4. The summed E-state index contributed by atoms with van der Waals surface area (Å²) in [7, 11) is 0. The van der Waals surface area contributed by atoms with Crippen LogP contribution >= 0.6 is 23.6 Å². The lowest BCUT2D eigenvalue weighted by molar-refractivity contribution is -0.645. The van der Waals surface area contributed by atoms with E-state index in [2.05, 4.69) is 46.3 Å². The summed E-state index contributed by atoms with van der Waals surface area (Å²) in [5.74, 6) is 0.910. The van der Waals surface area contributed by atoms with Crippen molar-refractivity contribution in [3.63, 3.8) is 0 Å². The highest BCUT2D eigenvalue weighted by atomic mass is 32.1. The van der Waals surface area contributed by atoms with E-state index in [1.807, 2.05) is 28.9 Å². The normalized spacial score (nSPS) is 11.1. The first-order chi connectivity index (χ1) is 10.7. The number of para-hydroxylation sites is 1. The Bertz CT molecular complexity index is 993. The number of benzene rings is 2. The van der Waals surface area contributed by atoms with Crippen molar-refractivity contribution in [2.45, 2.75) is 6.92 Å². The van der Waals surface area contributed by atoms with Gasteiger partial charge in [0.1, 0.15) is 0 Å². The van der Waals surface area contributed by atoms with Gasteiger partial charge in [0.05, 0.1) is 4.70 Å². The van der Waals surface area contributed by atoms with Gasteiger partial charge in [0.15, 0.2) is 5.52 Å². The van der Waals surface area contributed by atoms with Crippen molar-refractivity contribution in [3.8, 4) is 16.5 Å². The minimum absolute atomic E-state index is 0.579. The molecule has 4 rings (SSSR count). The summed E-state index contributed by atoms with van der Waals surface area (Å²) in [5, 5.41) is 4.03. The molecule has 0 unspecified atom stereocenters. The Labute approximate surface area is 136 Å². The van der Waals surface area contributed by atoms with E-state index in [1.165, 1.54) is 5.56 Å².